The van der Waals surface area contributed by atoms with E-state index in [0.29, 0.717) is 17.0 Å². The van der Waals surface area contributed by atoms with Crippen LogP contribution in [0.25, 0.3) is 5.65 Å². The number of rotatable bonds is 0. The minimum absolute atomic E-state index is 0.440. The summed E-state index contributed by atoms with van der Waals surface area (Å²) in [6, 6.07) is 3.71. The van der Waals surface area contributed by atoms with Gasteiger partial charge in [-0.25, -0.2) is 4.98 Å². The lowest BCUT2D eigenvalue weighted by Gasteiger charge is -1.99. The highest BCUT2D eigenvalue weighted by Crippen LogP contribution is 2.11. The third-order valence-corrected chi connectivity index (χ3v) is 1.75. The molecule has 2 N–H and O–H groups in total. The van der Waals surface area contributed by atoms with Crippen molar-refractivity contribution in [3.8, 4) is 6.07 Å². The molecule has 0 bridgehead atoms. The summed E-state index contributed by atoms with van der Waals surface area (Å²) >= 11 is 0. The van der Waals surface area contributed by atoms with Crippen molar-refractivity contribution in [1.82, 2.24) is 14.6 Å². The van der Waals surface area contributed by atoms with Crippen LogP contribution >= 0.6 is 0 Å². The summed E-state index contributed by atoms with van der Waals surface area (Å²) in [5.41, 5.74) is 7.41. The molecule has 0 saturated heterocycles. The number of nitrogens with two attached hydrogens (primary N) is 1. The third-order valence-electron chi connectivity index (χ3n) is 1.75. The largest absolute Gasteiger partial charge is 0.384 e. The smallest absolute Gasteiger partial charge is 0.175 e. The van der Waals surface area contributed by atoms with Crippen LogP contribution in [0.1, 0.15) is 11.3 Å². The monoisotopic (exact) mass is 173 g/mol. The van der Waals surface area contributed by atoms with Gasteiger partial charge in [0.2, 0.25) is 0 Å². The van der Waals surface area contributed by atoms with E-state index in [9.17, 15) is 0 Å². The molecule has 2 rings (SSSR count). The van der Waals surface area contributed by atoms with E-state index in [0.717, 1.165) is 5.69 Å². The molecule has 0 aromatic carbocycles. The van der Waals surface area contributed by atoms with Gasteiger partial charge in [-0.2, -0.15) is 14.9 Å². The van der Waals surface area contributed by atoms with Crippen molar-refractivity contribution in [1.29, 1.82) is 5.26 Å². The lowest BCUT2D eigenvalue weighted by molar-refractivity contribution is 0.942. The highest BCUT2D eigenvalue weighted by Gasteiger charge is 2.06. The van der Waals surface area contributed by atoms with Gasteiger partial charge in [-0.3, -0.25) is 0 Å². The maximum atomic E-state index is 8.72. The SMILES string of the molecule is Cc1cc(N)n2ncc(C#N)c2n1. The van der Waals surface area contributed by atoms with Crippen molar-refractivity contribution in [2.24, 2.45) is 0 Å². The maximum Gasteiger partial charge on any atom is 0.175 e. The Morgan fingerprint density at radius 1 is 1.62 bits per heavy atom. The number of nitriles is 1. The molecule has 64 valence electrons. The zero-order valence-corrected chi connectivity index (χ0v) is 7.02. The highest BCUT2D eigenvalue weighted by molar-refractivity contribution is 5.57. The second-order valence-corrected chi connectivity index (χ2v) is 2.73. The summed E-state index contributed by atoms with van der Waals surface area (Å²) in [7, 11) is 0. The van der Waals surface area contributed by atoms with Crippen LogP contribution in [0.5, 0.6) is 0 Å². The predicted molar refractivity (Wildman–Crippen MR) is 46.9 cm³/mol. The van der Waals surface area contributed by atoms with Crippen LogP contribution < -0.4 is 5.73 Å². The highest BCUT2D eigenvalue weighted by atomic mass is 15.3. The summed E-state index contributed by atoms with van der Waals surface area (Å²) in [6.07, 6.45) is 1.46. The number of fused-ring (bicyclic) bond motifs is 1. The minimum Gasteiger partial charge on any atom is -0.384 e. The van der Waals surface area contributed by atoms with E-state index in [1.807, 2.05) is 13.0 Å². The molecule has 0 radical (unpaired) electrons. The second kappa shape index (κ2) is 2.45. The summed E-state index contributed by atoms with van der Waals surface area (Å²) in [4.78, 5) is 4.17. The molecule has 5 nitrogen and oxygen atoms in total. The Morgan fingerprint density at radius 2 is 2.38 bits per heavy atom. The average molecular weight is 173 g/mol. The van der Waals surface area contributed by atoms with Gasteiger partial charge in [0.1, 0.15) is 17.5 Å². The summed E-state index contributed by atoms with van der Waals surface area (Å²) in [5, 5.41) is 12.7. The molecule has 2 aromatic heterocycles. The molecule has 13 heavy (non-hydrogen) atoms. The molecular formula is C8H7N5. The molecule has 0 aliphatic rings. The zero-order chi connectivity index (χ0) is 9.42. The Labute approximate surface area is 74.4 Å². The number of nitrogens with zero attached hydrogens (tertiary/aromatic N) is 4. The molecule has 0 atom stereocenters. The van der Waals surface area contributed by atoms with Gasteiger partial charge in [-0.15, -0.1) is 0 Å². The van der Waals surface area contributed by atoms with E-state index in [1.165, 1.54) is 10.7 Å². The Kier molecular flexibility index (Phi) is 1.43. The Balaban J connectivity index is 2.92. The fraction of sp³-hybridized carbons (Fsp3) is 0.125. The maximum absolute atomic E-state index is 8.72. The van der Waals surface area contributed by atoms with Gasteiger partial charge >= 0.3 is 0 Å². The first-order valence-electron chi connectivity index (χ1n) is 3.73. The first-order valence-corrected chi connectivity index (χ1v) is 3.73. The van der Waals surface area contributed by atoms with Gasteiger partial charge in [0.25, 0.3) is 0 Å². The fourth-order valence-electron chi connectivity index (χ4n) is 1.19. The molecule has 5 heteroatoms. The van der Waals surface area contributed by atoms with Crippen LogP contribution in [0, 0.1) is 18.3 Å². The minimum atomic E-state index is 0.440. The van der Waals surface area contributed by atoms with Gasteiger partial charge in [0.15, 0.2) is 5.65 Å². The van der Waals surface area contributed by atoms with Crippen LogP contribution in [-0.4, -0.2) is 14.6 Å². The number of aromatic nitrogens is 3. The van der Waals surface area contributed by atoms with E-state index in [1.54, 1.807) is 6.07 Å². The lowest BCUT2D eigenvalue weighted by Crippen LogP contribution is -2.01. The van der Waals surface area contributed by atoms with E-state index >= 15 is 0 Å². The lowest BCUT2D eigenvalue weighted by atomic mass is 10.3. The van der Waals surface area contributed by atoms with Crippen molar-refractivity contribution in [2.75, 3.05) is 5.73 Å². The molecule has 2 aromatic rings. The number of aryl methyl sites for hydroxylation is 1. The molecule has 0 amide bonds. The van der Waals surface area contributed by atoms with Crippen LogP contribution in [0.2, 0.25) is 0 Å². The van der Waals surface area contributed by atoms with E-state index in [-0.39, 0.29) is 0 Å². The molecule has 0 aliphatic heterocycles. The molecule has 0 unspecified atom stereocenters. The van der Waals surface area contributed by atoms with Gasteiger partial charge in [-0.1, -0.05) is 0 Å². The summed E-state index contributed by atoms with van der Waals surface area (Å²) in [6.45, 7) is 1.82. The first-order chi connectivity index (χ1) is 6.22. The molecule has 0 saturated carbocycles. The Hall–Kier alpha value is -2.09. The zero-order valence-electron chi connectivity index (χ0n) is 7.02. The Morgan fingerprint density at radius 3 is 3.08 bits per heavy atom. The number of hydrogen-bond acceptors (Lipinski definition) is 4. The fourth-order valence-corrected chi connectivity index (χ4v) is 1.19. The summed E-state index contributed by atoms with van der Waals surface area (Å²) in [5.74, 6) is 0.490. The van der Waals surface area contributed by atoms with Gasteiger partial charge in [0, 0.05) is 11.8 Å². The van der Waals surface area contributed by atoms with E-state index < -0.39 is 0 Å². The topological polar surface area (TPSA) is 80.0 Å². The molecule has 0 spiro atoms. The van der Waals surface area contributed by atoms with Gasteiger partial charge < -0.3 is 5.73 Å². The van der Waals surface area contributed by atoms with E-state index in [4.69, 9.17) is 11.0 Å². The normalized spacial score (nSPS) is 10.2. The molecule has 0 aliphatic carbocycles. The van der Waals surface area contributed by atoms with Crippen LogP contribution in [0.15, 0.2) is 12.3 Å². The van der Waals surface area contributed by atoms with Crippen molar-refractivity contribution in [3.63, 3.8) is 0 Å². The van der Waals surface area contributed by atoms with Gasteiger partial charge in [-0.05, 0) is 6.92 Å². The van der Waals surface area contributed by atoms with Crippen molar-refractivity contribution in [2.45, 2.75) is 6.92 Å². The average Bonchev–Trinajstić information content (AvgIpc) is 2.47. The quantitative estimate of drug-likeness (QED) is 0.628. The van der Waals surface area contributed by atoms with Crippen LogP contribution in [0.4, 0.5) is 5.82 Å². The van der Waals surface area contributed by atoms with Crippen molar-refractivity contribution >= 4 is 11.5 Å². The first kappa shape index (κ1) is 7.55. The Bertz CT molecular complexity index is 505. The van der Waals surface area contributed by atoms with E-state index in [2.05, 4.69) is 10.1 Å². The number of hydrogen-bond donors (Lipinski definition) is 1. The summed E-state index contributed by atoms with van der Waals surface area (Å²) < 4.78 is 1.45. The molecule has 0 fully saturated rings. The van der Waals surface area contributed by atoms with Crippen LogP contribution in [-0.2, 0) is 0 Å². The van der Waals surface area contributed by atoms with Crippen molar-refractivity contribution < 1.29 is 0 Å². The number of nitrogen functional groups attached to an aromatic ring is 1. The third kappa shape index (κ3) is 0.999. The molecule has 2 heterocycles. The second-order valence-electron chi connectivity index (χ2n) is 2.73. The predicted octanol–water partition coefficient (Wildman–Crippen LogP) is 0.492. The van der Waals surface area contributed by atoms with Crippen LogP contribution in [0.3, 0.4) is 0 Å². The molecular weight excluding hydrogens is 166 g/mol. The van der Waals surface area contributed by atoms with Gasteiger partial charge in [0.05, 0.1) is 6.20 Å². The van der Waals surface area contributed by atoms with Crippen molar-refractivity contribution in [3.05, 3.63) is 23.5 Å². The standard InChI is InChI=1S/C8H7N5/c1-5-2-7(10)13-8(12-5)6(3-9)4-11-13/h2,4H,10H2,1H3. The number of anilines is 1.